The van der Waals surface area contributed by atoms with E-state index in [-0.39, 0.29) is 29.7 Å². The fourth-order valence-electron chi connectivity index (χ4n) is 3.44. The van der Waals surface area contributed by atoms with Crippen LogP contribution in [-0.4, -0.2) is 61.3 Å². The number of carbonyl (C=O) groups excluding carboxylic acids is 2. The lowest BCUT2D eigenvalue weighted by atomic mass is 10.1. The number of piperidine rings is 1. The second-order valence-electron chi connectivity index (χ2n) is 7.73. The molecule has 1 aliphatic rings. The van der Waals surface area contributed by atoms with Crippen LogP contribution >= 0.6 is 0 Å². The number of benzene rings is 1. The highest BCUT2D eigenvalue weighted by Crippen LogP contribution is 2.21. The molecule has 2 aromatic rings. The summed E-state index contributed by atoms with van der Waals surface area (Å²) in [5, 5.41) is 6.25. The Hall–Kier alpha value is -2.72. The molecule has 0 bridgehead atoms. The molecule has 1 fully saturated rings. The number of rotatable bonds is 8. The molecule has 0 saturated carbocycles. The molecule has 0 unspecified atom stereocenters. The highest BCUT2D eigenvalue weighted by atomic mass is 32.2. The van der Waals surface area contributed by atoms with E-state index in [1.165, 1.54) is 9.21 Å². The third kappa shape index (κ3) is 6.14. The summed E-state index contributed by atoms with van der Waals surface area (Å²) < 4.78 is 31.8. The number of likely N-dealkylation sites (N-methyl/N-ethyl adjacent to an activating group) is 1. The van der Waals surface area contributed by atoms with Gasteiger partial charge in [-0.15, -0.1) is 0 Å². The second kappa shape index (κ2) is 10.1. The Kier molecular flexibility index (Phi) is 7.45. The molecule has 3 rings (SSSR count). The Morgan fingerprint density at radius 1 is 1.16 bits per heavy atom. The van der Waals surface area contributed by atoms with Gasteiger partial charge in [0, 0.05) is 32.6 Å². The first-order chi connectivity index (χ1) is 14.8. The number of sulfonamides is 1. The molecule has 2 heterocycles. The summed E-state index contributed by atoms with van der Waals surface area (Å²) in [6.07, 6.45) is 3.52. The molecule has 9 nitrogen and oxygen atoms in total. The molecule has 1 N–H and O–H groups in total. The van der Waals surface area contributed by atoms with E-state index in [1.54, 1.807) is 44.3 Å². The second-order valence-corrected chi connectivity index (χ2v) is 9.67. The molecule has 0 atom stereocenters. The van der Waals surface area contributed by atoms with E-state index in [4.69, 9.17) is 4.52 Å². The Balaban J connectivity index is 1.48. The zero-order chi connectivity index (χ0) is 22.4. The van der Waals surface area contributed by atoms with E-state index in [0.29, 0.717) is 31.1 Å². The molecule has 1 aliphatic heterocycles. The monoisotopic (exact) mass is 448 g/mol. The molecule has 0 radical (unpaired) electrons. The highest BCUT2D eigenvalue weighted by molar-refractivity contribution is 7.89. The number of aryl methyl sites for hydroxylation is 2. The maximum atomic E-state index is 12.7. The number of carbonyl (C=O) groups is 2. The molecule has 1 saturated heterocycles. The lowest BCUT2D eigenvalue weighted by Gasteiger charge is -2.25. The number of aromatic nitrogens is 1. The summed E-state index contributed by atoms with van der Waals surface area (Å²) in [6.45, 7) is 2.75. The molecule has 0 aliphatic carbocycles. The Labute approximate surface area is 182 Å². The maximum absolute atomic E-state index is 12.7. The molecule has 1 aromatic carbocycles. The minimum atomic E-state index is -3.46. The number of hydrogen-bond donors (Lipinski definition) is 1. The molecule has 10 heteroatoms. The van der Waals surface area contributed by atoms with Gasteiger partial charge in [0.25, 0.3) is 0 Å². The number of anilines is 1. The maximum Gasteiger partial charge on any atom is 0.245 e. The van der Waals surface area contributed by atoms with E-state index in [0.717, 1.165) is 24.8 Å². The first-order valence-corrected chi connectivity index (χ1v) is 11.8. The summed E-state index contributed by atoms with van der Waals surface area (Å²) >= 11 is 0. The van der Waals surface area contributed by atoms with Crippen LogP contribution in [0.3, 0.4) is 0 Å². The van der Waals surface area contributed by atoms with Gasteiger partial charge in [-0.25, -0.2) is 8.42 Å². The SMILES string of the molecule is Cc1cc(NC(=O)CN(C)C(=O)CCc2ccc(S(=O)(=O)N3CCCCC3)cc2)no1. The van der Waals surface area contributed by atoms with Crippen LogP contribution in [0.25, 0.3) is 0 Å². The van der Waals surface area contributed by atoms with Crippen molar-refractivity contribution in [3.05, 3.63) is 41.7 Å². The molecule has 31 heavy (non-hydrogen) atoms. The summed E-state index contributed by atoms with van der Waals surface area (Å²) in [5.74, 6) is 0.338. The van der Waals surface area contributed by atoms with E-state index in [2.05, 4.69) is 10.5 Å². The lowest BCUT2D eigenvalue weighted by molar-refractivity contribution is -0.133. The Bertz CT molecular complexity index is 1010. The fraction of sp³-hybridized carbons (Fsp3) is 0.476. The Morgan fingerprint density at radius 3 is 2.45 bits per heavy atom. The van der Waals surface area contributed by atoms with Crippen molar-refractivity contribution < 1.29 is 22.5 Å². The van der Waals surface area contributed by atoms with Gasteiger partial charge < -0.3 is 14.7 Å². The van der Waals surface area contributed by atoms with Gasteiger partial charge in [-0.3, -0.25) is 9.59 Å². The minimum absolute atomic E-state index is 0.0994. The summed E-state index contributed by atoms with van der Waals surface area (Å²) in [4.78, 5) is 26.0. The first kappa shape index (κ1) is 23.0. The van der Waals surface area contributed by atoms with E-state index >= 15 is 0 Å². The van der Waals surface area contributed by atoms with Crippen molar-refractivity contribution in [1.82, 2.24) is 14.4 Å². The van der Waals surface area contributed by atoms with Crippen LogP contribution < -0.4 is 5.32 Å². The molecular formula is C21H28N4O5S. The van der Waals surface area contributed by atoms with Gasteiger partial charge >= 0.3 is 0 Å². The molecule has 1 aromatic heterocycles. The van der Waals surface area contributed by atoms with Gasteiger partial charge in [0.1, 0.15) is 5.76 Å². The largest absolute Gasteiger partial charge is 0.360 e. The number of hydrogen-bond acceptors (Lipinski definition) is 6. The van der Waals surface area contributed by atoms with Gasteiger partial charge in [0.15, 0.2) is 5.82 Å². The van der Waals surface area contributed by atoms with E-state index < -0.39 is 10.0 Å². The molecule has 168 valence electrons. The van der Waals surface area contributed by atoms with Gasteiger partial charge in [-0.05, 0) is 43.9 Å². The van der Waals surface area contributed by atoms with Crippen molar-refractivity contribution >= 4 is 27.7 Å². The highest BCUT2D eigenvalue weighted by Gasteiger charge is 2.25. The van der Waals surface area contributed by atoms with Crippen molar-refractivity contribution in [2.24, 2.45) is 0 Å². The van der Waals surface area contributed by atoms with E-state index in [1.807, 2.05) is 0 Å². The number of amides is 2. The van der Waals surface area contributed by atoms with Crippen LogP contribution in [0.4, 0.5) is 5.82 Å². The topological polar surface area (TPSA) is 113 Å². The standard InChI is InChI=1S/C21H28N4O5S/c1-16-14-19(23-30-16)22-20(26)15-24(2)21(27)11-8-17-6-9-18(10-7-17)31(28,29)25-12-4-3-5-13-25/h6-7,9-10,14H,3-5,8,11-13,15H2,1-2H3,(H,22,23,26). The lowest BCUT2D eigenvalue weighted by Crippen LogP contribution is -2.35. The molecule has 2 amide bonds. The van der Waals surface area contributed by atoms with E-state index in [9.17, 15) is 18.0 Å². The summed E-state index contributed by atoms with van der Waals surface area (Å²) in [7, 11) is -1.90. The molecule has 0 spiro atoms. The van der Waals surface area contributed by atoms with Crippen molar-refractivity contribution in [1.29, 1.82) is 0 Å². The third-order valence-corrected chi connectivity index (χ3v) is 7.12. The van der Waals surface area contributed by atoms with Gasteiger partial charge in [-0.1, -0.05) is 23.7 Å². The van der Waals surface area contributed by atoms with Gasteiger partial charge in [0.2, 0.25) is 21.8 Å². The van der Waals surface area contributed by atoms with Crippen LogP contribution in [0.15, 0.2) is 39.8 Å². The minimum Gasteiger partial charge on any atom is -0.360 e. The zero-order valence-electron chi connectivity index (χ0n) is 17.8. The predicted molar refractivity (Wildman–Crippen MR) is 115 cm³/mol. The van der Waals surface area contributed by atoms with Gasteiger partial charge in [0.05, 0.1) is 11.4 Å². The van der Waals surface area contributed by atoms with Crippen LogP contribution in [0, 0.1) is 6.92 Å². The first-order valence-electron chi connectivity index (χ1n) is 10.3. The van der Waals surface area contributed by atoms with Crippen molar-refractivity contribution in [2.75, 3.05) is 32.0 Å². The summed E-state index contributed by atoms with van der Waals surface area (Å²) in [6, 6.07) is 8.27. The summed E-state index contributed by atoms with van der Waals surface area (Å²) in [5.41, 5.74) is 0.863. The quantitative estimate of drug-likeness (QED) is 0.662. The predicted octanol–water partition coefficient (Wildman–Crippen LogP) is 2.19. The average molecular weight is 449 g/mol. The van der Waals surface area contributed by atoms with Crippen LogP contribution in [0.5, 0.6) is 0 Å². The zero-order valence-corrected chi connectivity index (χ0v) is 18.7. The number of nitrogens with zero attached hydrogens (tertiary/aromatic N) is 3. The van der Waals surface area contributed by atoms with Gasteiger partial charge in [-0.2, -0.15) is 4.31 Å². The smallest absolute Gasteiger partial charge is 0.245 e. The normalized spacial score (nSPS) is 14.9. The van der Waals surface area contributed by atoms with Crippen LogP contribution in [0.1, 0.15) is 37.0 Å². The van der Waals surface area contributed by atoms with Crippen molar-refractivity contribution in [3.63, 3.8) is 0 Å². The average Bonchev–Trinajstić information content (AvgIpc) is 3.17. The molecular weight excluding hydrogens is 420 g/mol. The van der Waals surface area contributed by atoms with Crippen LogP contribution in [0.2, 0.25) is 0 Å². The number of nitrogens with one attached hydrogen (secondary N) is 1. The third-order valence-electron chi connectivity index (χ3n) is 5.21. The fourth-order valence-corrected chi connectivity index (χ4v) is 4.95. The van der Waals surface area contributed by atoms with Crippen LogP contribution in [-0.2, 0) is 26.0 Å². The van der Waals surface area contributed by atoms with Crippen molar-refractivity contribution in [3.8, 4) is 0 Å². The Morgan fingerprint density at radius 2 is 1.84 bits per heavy atom. The van der Waals surface area contributed by atoms with Crippen molar-refractivity contribution in [2.45, 2.75) is 43.9 Å².